The van der Waals surface area contributed by atoms with Crippen molar-refractivity contribution >= 4 is 80.8 Å². The van der Waals surface area contributed by atoms with Crippen molar-refractivity contribution in [1.29, 1.82) is 0 Å². The Balaban J connectivity index is 1.68. The SMILES string of the molecule is C=CC(=O)OCCOC(=O)NCCNC(=O)Oc1cc(S(=O)(=O)O)c2ccc3c(S(=O)(=O)O)cc(S(=O)(=O)O)c4ccc1c2c43. The van der Waals surface area contributed by atoms with E-state index in [1.165, 1.54) is 6.07 Å². The van der Waals surface area contributed by atoms with E-state index < -0.39 is 68.9 Å². The van der Waals surface area contributed by atoms with E-state index in [4.69, 9.17) is 9.47 Å². The van der Waals surface area contributed by atoms with Crippen molar-refractivity contribution in [3.63, 3.8) is 0 Å². The second-order valence-electron chi connectivity index (χ2n) is 8.99. The minimum atomic E-state index is -5.11. The molecule has 0 fully saturated rings. The first-order chi connectivity index (χ1) is 20.9. The normalized spacial score (nSPS) is 12.2. The molecule has 0 spiro atoms. The van der Waals surface area contributed by atoms with Gasteiger partial charge in [-0.05, 0) is 12.1 Å². The fraction of sp³-hybridized carbons (Fsp3) is 0.160. The fourth-order valence-electron chi connectivity index (χ4n) is 4.44. The molecule has 0 bridgehead atoms. The molecule has 0 heterocycles. The second kappa shape index (κ2) is 12.4. The van der Waals surface area contributed by atoms with E-state index in [1.807, 2.05) is 0 Å². The molecule has 0 aliphatic heterocycles. The van der Waals surface area contributed by atoms with E-state index in [0.717, 1.165) is 30.3 Å². The number of rotatable bonds is 11. The van der Waals surface area contributed by atoms with Crippen molar-refractivity contribution in [2.75, 3.05) is 26.3 Å². The molecule has 2 amide bonds. The van der Waals surface area contributed by atoms with Gasteiger partial charge >= 0.3 is 18.2 Å². The van der Waals surface area contributed by atoms with Crippen molar-refractivity contribution in [1.82, 2.24) is 10.6 Å². The molecule has 0 saturated heterocycles. The van der Waals surface area contributed by atoms with Gasteiger partial charge in [-0.3, -0.25) is 13.7 Å². The Morgan fingerprint density at radius 3 is 1.58 bits per heavy atom. The Bertz CT molecular complexity index is 2140. The van der Waals surface area contributed by atoms with Crippen molar-refractivity contribution in [3.8, 4) is 5.75 Å². The number of alkyl carbamates (subject to hydrolysis) is 1. The second-order valence-corrected chi connectivity index (χ2v) is 13.2. The zero-order valence-electron chi connectivity index (χ0n) is 22.5. The Labute approximate surface area is 254 Å². The molecule has 0 atom stereocenters. The Morgan fingerprint density at radius 1 is 0.667 bits per heavy atom. The number of benzene rings is 4. The third-order valence-electron chi connectivity index (χ3n) is 6.17. The fourth-order valence-corrected chi connectivity index (χ4v) is 6.65. The first-order valence-electron chi connectivity index (χ1n) is 12.3. The minimum Gasteiger partial charge on any atom is -0.459 e. The number of esters is 1. The van der Waals surface area contributed by atoms with E-state index in [0.29, 0.717) is 6.07 Å². The summed E-state index contributed by atoms with van der Waals surface area (Å²) in [5.41, 5.74) is 0. The Morgan fingerprint density at radius 2 is 1.09 bits per heavy atom. The number of carbonyl (C=O) groups excluding carboxylic acids is 3. The van der Waals surface area contributed by atoms with Gasteiger partial charge < -0.3 is 24.8 Å². The van der Waals surface area contributed by atoms with Crippen LogP contribution in [0, 0.1) is 0 Å². The molecular formula is C25H22N2O15S3. The van der Waals surface area contributed by atoms with Crippen LogP contribution in [0.25, 0.3) is 32.3 Å². The van der Waals surface area contributed by atoms with Crippen LogP contribution >= 0.6 is 0 Å². The van der Waals surface area contributed by atoms with Gasteiger partial charge in [-0.15, -0.1) is 0 Å². The summed E-state index contributed by atoms with van der Waals surface area (Å²) in [6.07, 6.45) is -1.15. The largest absolute Gasteiger partial charge is 0.459 e. The van der Waals surface area contributed by atoms with E-state index in [9.17, 15) is 53.3 Å². The average Bonchev–Trinajstić information content (AvgIpc) is 2.94. The maximum Gasteiger partial charge on any atom is 0.412 e. The van der Waals surface area contributed by atoms with Crippen LogP contribution in [-0.2, 0) is 44.6 Å². The smallest absolute Gasteiger partial charge is 0.412 e. The molecule has 0 aromatic heterocycles. The van der Waals surface area contributed by atoms with Gasteiger partial charge in [0.15, 0.2) is 0 Å². The number of hydrogen-bond donors (Lipinski definition) is 5. The molecule has 4 aromatic rings. The van der Waals surface area contributed by atoms with Crippen LogP contribution in [0.5, 0.6) is 5.75 Å². The Kier molecular flexibility index (Phi) is 9.19. The number of hydrogen-bond acceptors (Lipinski definition) is 12. The lowest BCUT2D eigenvalue weighted by Crippen LogP contribution is -2.36. The van der Waals surface area contributed by atoms with Crippen molar-refractivity contribution < 1.29 is 67.5 Å². The monoisotopic (exact) mass is 686 g/mol. The molecule has 0 aliphatic rings. The lowest BCUT2D eigenvalue weighted by atomic mass is 9.93. The highest BCUT2D eigenvalue weighted by molar-refractivity contribution is 7.87. The van der Waals surface area contributed by atoms with E-state index in [1.54, 1.807) is 0 Å². The van der Waals surface area contributed by atoms with E-state index >= 15 is 0 Å². The summed E-state index contributed by atoms with van der Waals surface area (Å²) >= 11 is 0. The summed E-state index contributed by atoms with van der Waals surface area (Å²) in [5.74, 6) is -1.19. The Hall–Kier alpha value is -4.60. The standard InChI is InChI=1S/C25H22N2O15S3/c1-2-21(28)40-9-10-41-24(29)26-7-8-27-25(30)42-17-11-18(43(31,32)33)14-5-6-16-20(45(37,38)39)12-19(44(34,35)36)15-4-3-13(17)22(14)23(15)16/h2-6,11-12H,1,7-10H2,(H,26,29)(H,27,30)(H,31,32,33)(H,34,35,36)(H,37,38,39). The third kappa shape index (κ3) is 7.21. The molecule has 17 nitrogen and oxygen atoms in total. The van der Waals surface area contributed by atoms with Gasteiger partial charge in [-0.1, -0.05) is 24.8 Å². The summed E-state index contributed by atoms with van der Waals surface area (Å²) in [5, 5.41) is 3.25. The summed E-state index contributed by atoms with van der Waals surface area (Å²) in [6, 6.07) is 5.82. The van der Waals surface area contributed by atoms with E-state index in [-0.39, 0.29) is 58.6 Å². The van der Waals surface area contributed by atoms with E-state index in [2.05, 4.69) is 21.9 Å². The molecule has 45 heavy (non-hydrogen) atoms. The van der Waals surface area contributed by atoms with Gasteiger partial charge in [0, 0.05) is 57.5 Å². The summed E-state index contributed by atoms with van der Waals surface area (Å²) in [4.78, 5) is 32.5. The molecule has 0 aliphatic carbocycles. The van der Waals surface area contributed by atoms with Crippen LogP contribution in [0.2, 0.25) is 0 Å². The average molecular weight is 687 g/mol. The van der Waals surface area contributed by atoms with Crippen molar-refractivity contribution in [2.45, 2.75) is 14.7 Å². The minimum absolute atomic E-state index is 0.0571. The molecule has 20 heteroatoms. The predicted octanol–water partition coefficient (Wildman–Crippen LogP) is 1.87. The number of nitrogens with one attached hydrogen (secondary N) is 2. The maximum atomic E-state index is 12.6. The van der Waals surface area contributed by atoms with Gasteiger partial charge in [0.25, 0.3) is 30.4 Å². The third-order valence-corrected chi connectivity index (χ3v) is 8.86. The first kappa shape index (κ1) is 33.3. The van der Waals surface area contributed by atoms with Crippen LogP contribution in [0.3, 0.4) is 0 Å². The summed E-state index contributed by atoms with van der Waals surface area (Å²) in [7, 11) is -15.3. The number of carbonyl (C=O) groups is 3. The molecule has 240 valence electrons. The van der Waals surface area contributed by atoms with Crippen molar-refractivity contribution in [2.24, 2.45) is 0 Å². The highest BCUT2D eigenvalue weighted by Crippen LogP contribution is 2.45. The lowest BCUT2D eigenvalue weighted by Gasteiger charge is -2.18. The van der Waals surface area contributed by atoms with Gasteiger partial charge in [-0.2, -0.15) is 25.3 Å². The predicted molar refractivity (Wildman–Crippen MR) is 154 cm³/mol. The molecule has 5 N–H and O–H groups in total. The molecule has 0 radical (unpaired) electrons. The highest BCUT2D eigenvalue weighted by Gasteiger charge is 2.28. The van der Waals surface area contributed by atoms with Crippen LogP contribution in [0.15, 0.2) is 63.7 Å². The summed E-state index contributed by atoms with van der Waals surface area (Å²) < 4.78 is 118. The van der Waals surface area contributed by atoms with Crippen LogP contribution in [0.4, 0.5) is 9.59 Å². The molecule has 0 unspecified atom stereocenters. The molecule has 0 saturated carbocycles. The van der Waals surface area contributed by atoms with Gasteiger partial charge in [0.05, 0.1) is 0 Å². The van der Waals surface area contributed by atoms with Crippen LogP contribution in [-0.4, -0.2) is 83.4 Å². The zero-order valence-corrected chi connectivity index (χ0v) is 25.0. The molecule has 4 rings (SSSR count). The number of ether oxygens (including phenoxy) is 3. The maximum absolute atomic E-state index is 12.6. The van der Waals surface area contributed by atoms with Crippen molar-refractivity contribution in [3.05, 3.63) is 49.1 Å². The number of amides is 2. The first-order valence-corrected chi connectivity index (χ1v) is 16.6. The molecule has 4 aromatic carbocycles. The van der Waals surface area contributed by atoms with Gasteiger partial charge in [0.1, 0.15) is 33.6 Å². The highest BCUT2D eigenvalue weighted by atomic mass is 32.2. The molecular weight excluding hydrogens is 664 g/mol. The lowest BCUT2D eigenvalue weighted by molar-refractivity contribution is -0.138. The van der Waals surface area contributed by atoms with Crippen LogP contribution < -0.4 is 15.4 Å². The zero-order chi connectivity index (χ0) is 33.3. The van der Waals surface area contributed by atoms with Gasteiger partial charge in [-0.25, -0.2) is 14.4 Å². The van der Waals surface area contributed by atoms with Crippen LogP contribution in [0.1, 0.15) is 0 Å². The topological polar surface area (TPSA) is 266 Å². The van der Waals surface area contributed by atoms with Gasteiger partial charge in [0.2, 0.25) is 0 Å². The quantitative estimate of drug-likeness (QED) is 0.0495. The summed E-state index contributed by atoms with van der Waals surface area (Å²) in [6.45, 7) is 2.32.